The fourth-order valence-corrected chi connectivity index (χ4v) is 3.30. The molecule has 142 valence electrons. The average molecular weight is 374 g/mol. The SMILES string of the molecule is CCn1nc(NC(=O)c2cc(-c3ccccc3)nc3c2cnn3CC)cc1C. The molecule has 1 aromatic carbocycles. The summed E-state index contributed by atoms with van der Waals surface area (Å²) in [6.07, 6.45) is 1.70. The minimum absolute atomic E-state index is 0.221. The number of aryl methyl sites for hydroxylation is 3. The Balaban J connectivity index is 1.80. The van der Waals surface area contributed by atoms with Gasteiger partial charge >= 0.3 is 0 Å². The number of carbonyl (C=O) groups is 1. The van der Waals surface area contributed by atoms with Crippen molar-refractivity contribution < 1.29 is 4.79 Å². The van der Waals surface area contributed by atoms with Crippen LogP contribution in [0.5, 0.6) is 0 Å². The molecule has 1 amide bonds. The summed E-state index contributed by atoms with van der Waals surface area (Å²) in [6, 6.07) is 13.5. The van der Waals surface area contributed by atoms with E-state index in [4.69, 9.17) is 4.98 Å². The highest BCUT2D eigenvalue weighted by atomic mass is 16.1. The van der Waals surface area contributed by atoms with Crippen LogP contribution in [0.3, 0.4) is 0 Å². The first-order chi connectivity index (χ1) is 13.6. The highest BCUT2D eigenvalue weighted by Gasteiger charge is 2.18. The van der Waals surface area contributed by atoms with Gasteiger partial charge in [-0.1, -0.05) is 30.3 Å². The lowest BCUT2D eigenvalue weighted by atomic mass is 10.1. The van der Waals surface area contributed by atoms with Gasteiger partial charge < -0.3 is 5.32 Å². The predicted octanol–water partition coefficient (Wildman–Crippen LogP) is 3.90. The van der Waals surface area contributed by atoms with Crippen LogP contribution in [0, 0.1) is 6.92 Å². The van der Waals surface area contributed by atoms with Crippen LogP contribution < -0.4 is 5.32 Å². The van der Waals surface area contributed by atoms with Crippen molar-refractivity contribution in [3.05, 3.63) is 59.9 Å². The first kappa shape index (κ1) is 17.9. The van der Waals surface area contributed by atoms with Gasteiger partial charge in [-0.15, -0.1) is 0 Å². The predicted molar refractivity (Wildman–Crippen MR) is 109 cm³/mol. The third kappa shape index (κ3) is 3.15. The summed E-state index contributed by atoms with van der Waals surface area (Å²) in [4.78, 5) is 17.9. The number of carbonyl (C=O) groups excluding carboxylic acids is 1. The van der Waals surface area contributed by atoms with Gasteiger partial charge in [0.2, 0.25) is 0 Å². The number of benzene rings is 1. The van der Waals surface area contributed by atoms with E-state index < -0.39 is 0 Å². The van der Waals surface area contributed by atoms with Crippen LogP contribution in [0.4, 0.5) is 5.82 Å². The molecule has 4 aromatic rings. The number of hydrogen-bond donors (Lipinski definition) is 1. The summed E-state index contributed by atoms with van der Waals surface area (Å²) in [5.41, 5.74) is 3.93. The summed E-state index contributed by atoms with van der Waals surface area (Å²) >= 11 is 0. The van der Waals surface area contributed by atoms with Crippen LogP contribution in [-0.2, 0) is 13.1 Å². The van der Waals surface area contributed by atoms with E-state index in [-0.39, 0.29) is 5.91 Å². The molecule has 0 unspecified atom stereocenters. The maximum atomic E-state index is 13.1. The highest BCUT2D eigenvalue weighted by molar-refractivity contribution is 6.12. The fraction of sp³-hybridized carbons (Fsp3) is 0.238. The van der Waals surface area contributed by atoms with Crippen LogP contribution in [-0.4, -0.2) is 30.5 Å². The van der Waals surface area contributed by atoms with E-state index in [1.165, 1.54) is 0 Å². The van der Waals surface area contributed by atoms with Crippen LogP contribution in [0.2, 0.25) is 0 Å². The minimum Gasteiger partial charge on any atom is -0.305 e. The molecule has 0 aliphatic heterocycles. The van der Waals surface area contributed by atoms with Crippen molar-refractivity contribution in [2.24, 2.45) is 0 Å². The maximum Gasteiger partial charge on any atom is 0.257 e. The molecule has 0 atom stereocenters. The maximum absolute atomic E-state index is 13.1. The van der Waals surface area contributed by atoms with Crippen molar-refractivity contribution in [1.82, 2.24) is 24.5 Å². The van der Waals surface area contributed by atoms with Crippen LogP contribution in [0.1, 0.15) is 29.9 Å². The zero-order chi connectivity index (χ0) is 19.7. The molecule has 0 bridgehead atoms. The monoisotopic (exact) mass is 374 g/mol. The zero-order valence-corrected chi connectivity index (χ0v) is 16.2. The minimum atomic E-state index is -0.221. The van der Waals surface area contributed by atoms with Gasteiger partial charge in [0.05, 0.1) is 22.8 Å². The zero-order valence-electron chi connectivity index (χ0n) is 16.2. The van der Waals surface area contributed by atoms with Gasteiger partial charge in [-0.25, -0.2) is 9.67 Å². The normalized spacial score (nSPS) is 11.1. The van der Waals surface area contributed by atoms with Crippen molar-refractivity contribution in [2.45, 2.75) is 33.9 Å². The van der Waals surface area contributed by atoms with Gasteiger partial charge in [-0.05, 0) is 26.8 Å². The molecule has 28 heavy (non-hydrogen) atoms. The molecular formula is C21H22N6O. The lowest BCUT2D eigenvalue weighted by molar-refractivity contribution is 0.102. The Morgan fingerprint density at radius 1 is 1.07 bits per heavy atom. The van der Waals surface area contributed by atoms with Crippen molar-refractivity contribution >= 4 is 22.8 Å². The Hall–Kier alpha value is -3.48. The van der Waals surface area contributed by atoms with E-state index in [1.807, 2.05) is 67.9 Å². The number of amides is 1. The summed E-state index contributed by atoms with van der Waals surface area (Å²) < 4.78 is 3.65. The summed E-state index contributed by atoms with van der Waals surface area (Å²) in [7, 11) is 0. The highest BCUT2D eigenvalue weighted by Crippen LogP contribution is 2.25. The Morgan fingerprint density at radius 3 is 2.50 bits per heavy atom. The van der Waals surface area contributed by atoms with Crippen molar-refractivity contribution in [3.8, 4) is 11.3 Å². The second-order valence-corrected chi connectivity index (χ2v) is 6.56. The van der Waals surface area contributed by atoms with Gasteiger partial charge in [-0.2, -0.15) is 10.2 Å². The molecular weight excluding hydrogens is 352 g/mol. The van der Waals surface area contributed by atoms with Crippen molar-refractivity contribution in [1.29, 1.82) is 0 Å². The van der Waals surface area contributed by atoms with Gasteiger partial charge in [0.25, 0.3) is 5.91 Å². The molecule has 0 saturated heterocycles. The van der Waals surface area contributed by atoms with E-state index in [2.05, 4.69) is 15.5 Å². The lowest BCUT2D eigenvalue weighted by Gasteiger charge is -2.08. The molecule has 1 N–H and O–H groups in total. The third-order valence-electron chi connectivity index (χ3n) is 4.75. The molecule has 0 fully saturated rings. The van der Waals surface area contributed by atoms with Crippen molar-refractivity contribution in [3.63, 3.8) is 0 Å². The average Bonchev–Trinajstić information content (AvgIpc) is 3.30. The van der Waals surface area contributed by atoms with E-state index in [0.29, 0.717) is 23.6 Å². The largest absolute Gasteiger partial charge is 0.305 e. The van der Waals surface area contributed by atoms with Crippen LogP contribution >= 0.6 is 0 Å². The van der Waals surface area contributed by atoms with E-state index in [0.717, 1.165) is 28.9 Å². The number of fused-ring (bicyclic) bond motifs is 1. The van der Waals surface area contributed by atoms with Gasteiger partial charge in [-0.3, -0.25) is 9.48 Å². The Bertz CT molecular complexity index is 1140. The topological polar surface area (TPSA) is 77.6 Å². The molecule has 0 radical (unpaired) electrons. The molecule has 0 saturated carbocycles. The number of rotatable bonds is 5. The molecule has 0 aliphatic rings. The smallest absolute Gasteiger partial charge is 0.257 e. The molecule has 4 rings (SSSR count). The molecule has 0 spiro atoms. The number of pyridine rings is 1. The second-order valence-electron chi connectivity index (χ2n) is 6.56. The third-order valence-corrected chi connectivity index (χ3v) is 4.75. The van der Waals surface area contributed by atoms with Gasteiger partial charge in [0, 0.05) is 30.4 Å². The quantitative estimate of drug-likeness (QED) is 0.575. The summed E-state index contributed by atoms with van der Waals surface area (Å²) in [5.74, 6) is 0.319. The number of anilines is 1. The first-order valence-corrected chi connectivity index (χ1v) is 9.38. The molecule has 3 heterocycles. The molecule has 0 aliphatic carbocycles. The van der Waals surface area contributed by atoms with Gasteiger partial charge in [0.15, 0.2) is 11.5 Å². The fourth-order valence-electron chi connectivity index (χ4n) is 3.30. The number of nitrogens with one attached hydrogen (secondary N) is 1. The molecule has 3 aromatic heterocycles. The Labute approximate surface area is 163 Å². The lowest BCUT2D eigenvalue weighted by Crippen LogP contribution is -2.14. The van der Waals surface area contributed by atoms with E-state index in [9.17, 15) is 4.79 Å². The van der Waals surface area contributed by atoms with E-state index in [1.54, 1.807) is 10.9 Å². The first-order valence-electron chi connectivity index (χ1n) is 9.38. The Morgan fingerprint density at radius 2 is 1.82 bits per heavy atom. The second kappa shape index (κ2) is 7.26. The summed E-state index contributed by atoms with van der Waals surface area (Å²) in [5, 5.41) is 12.5. The van der Waals surface area contributed by atoms with Crippen LogP contribution in [0.25, 0.3) is 22.3 Å². The summed E-state index contributed by atoms with van der Waals surface area (Å²) in [6.45, 7) is 7.42. The molecule has 7 nitrogen and oxygen atoms in total. The Kier molecular flexibility index (Phi) is 4.65. The van der Waals surface area contributed by atoms with Crippen LogP contribution in [0.15, 0.2) is 48.7 Å². The van der Waals surface area contributed by atoms with E-state index >= 15 is 0 Å². The molecule has 7 heteroatoms. The number of aromatic nitrogens is 5. The van der Waals surface area contributed by atoms with Gasteiger partial charge in [0.1, 0.15) is 0 Å². The number of hydrogen-bond acceptors (Lipinski definition) is 4. The number of nitrogens with zero attached hydrogens (tertiary/aromatic N) is 5. The standard InChI is InChI=1S/C21H22N6O/c1-4-26-14(3)11-19(25-26)24-21(28)16-12-18(15-9-7-6-8-10-15)23-20-17(16)13-22-27(20)5-2/h6-13H,4-5H2,1-3H3,(H,24,25,28). The van der Waals surface area contributed by atoms with Crippen molar-refractivity contribution in [2.75, 3.05) is 5.32 Å².